The Morgan fingerprint density at radius 2 is 1.74 bits per heavy atom. The molecule has 38 heavy (non-hydrogen) atoms. The molecule has 9 atom stereocenters. The SMILES string of the molecule is CC(C)CCC[C@@H](COS(=O)(=O)O)[C@H]1CC[C@H]2[C@@H]3CC=C4CC(OS(=O)(=O)O)C(O)C[C@]4(C)[C@H]3CC[C@]12C. The molecule has 0 radical (unpaired) electrons. The summed E-state index contributed by atoms with van der Waals surface area (Å²) >= 11 is 0. The summed E-state index contributed by atoms with van der Waals surface area (Å²) in [6, 6.07) is 0. The number of hydrogen-bond acceptors (Lipinski definition) is 7. The average molecular weight is 579 g/mol. The van der Waals surface area contributed by atoms with Gasteiger partial charge in [0.15, 0.2) is 0 Å². The number of aliphatic hydroxyl groups is 1. The molecule has 4 aliphatic rings. The molecule has 220 valence electrons. The van der Waals surface area contributed by atoms with Crippen molar-refractivity contribution in [2.24, 2.45) is 46.3 Å². The van der Waals surface area contributed by atoms with E-state index in [1.165, 1.54) is 0 Å². The van der Waals surface area contributed by atoms with Crippen LogP contribution in [-0.2, 0) is 29.2 Å². The van der Waals surface area contributed by atoms with E-state index in [0.29, 0.717) is 36.0 Å². The van der Waals surface area contributed by atoms with Crippen molar-refractivity contribution in [3.8, 4) is 0 Å². The number of rotatable bonds is 10. The molecule has 0 heterocycles. The van der Waals surface area contributed by atoms with Gasteiger partial charge in [-0.3, -0.25) is 9.11 Å². The van der Waals surface area contributed by atoms with Crippen molar-refractivity contribution in [1.29, 1.82) is 0 Å². The lowest BCUT2D eigenvalue weighted by atomic mass is 9.46. The molecule has 3 saturated carbocycles. The van der Waals surface area contributed by atoms with Crippen molar-refractivity contribution in [2.75, 3.05) is 6.61 Å². The van der Waals surface area contributed by atoms with Crippen molar-refractivity contribution in [3.05, 3.63) is 11.6 Å². The average Bonchev–Trinajstić information content (AvgIpc) is 3.12. The van der Waals surface area contributed by atoms with Crippen LogP contribution >= 0.6 is 0 Å². The summed E-state index contributed by atoms with van der Waals surface area (Å²) in [7, 11) is -9.14. The number of allylic oxidation sites excluding steroid dienone is 1. The number of fused-ring (bicyclic) bond motifs is 5. The highest BCUT2D eigenvalue weighted by molar-refractivity contribution is 7.81. The maximum absolute atomic E-state index is 11.4. The molecule has 0 spiro atoms. The largest absolute Gasteiger partial charge is 0.397 e. The molecule has 0 aromatic rings. The lowest BCUT2D eigenvalue weighted by Gasteiger charge is -2.59. The maximum Gasteiger partial charge on any atom is 0.397 e. The highest BCUT2D eigenvalue weighted by atomic mass is 32.3. The molecule has 3 fully saturated rings. The molecule has 0 aromatic heterocycles. The molecule has 0 saturated heterocycles. The van der Waals surface area contributed by atoms with Gasteiger partial charge in [0, 0.05) is 0 Å². The van der Waals surface area contributed by atoms with Crippen molar-refractivity contribution in [3.63, 3.8) is 0 Å². The second kappa shape index (κ2) is 11.0. The van der Waals surface area contributed by atoms with E-state index >= 15 is 0 Å². The normalized spacial score (nSPS) is 40.3. The summed E-state index contributed by atoms with van der Waals surface area (Å²) < 4.78 is 73.7. The standard InChI is InChI=1S/C27H46O9S2/c1-17(2)6-5-7-18(16-35-37(29,30)31)21-10-11-22-20-9-8-19-14-25(36-38(32,33)34)24(28)15-27(19,4)23(20)12-13-26(21,22)3/h8,17-18,20-25,28H,5-7,9-16H2,1-4H3,(H,29,30,31)(H,32,33,34)/t18-,20-,21+,22-,23-,24?,25?,26+,27-/m0/s1. The summed E-state index contributed by atoms with van der Waals surface area (Å²) in [5.74, 6) is 2.18. The Morgan fingerprint density at radius 1 is 1.03 bits per heavy atom. The van der Waals surface area contributed by atoms with Gasteiger partial charge in [0.05, 0.1) is 12.7 Å². The second-order valence-electron chi connectivity index (χ2n) is 13.3. The van der Waals surface area contributed by atoms with Gasteiger partial charge in [0.25, 0.3) is 0 Å². The van der Waals surface area contributed by atoms with Crippen LogP contribution in [-0.4, -0.2) is 49.9 Å². The molecule has 0 aromatic carbocycles. The quantitative estimate of drug-likeness (QED) is 0.241. The van der Waals surface area contributed by atoms with Gasteiger partial charge in [-0.2, -0.15) is 16.8 Å². The summed E-state index contributed by atoms with van der Waals surface area (Å²) in [5.41, 5.74) is 0.896. The first kappa shape index (κ1) is 30.4. The molecule has 0 amide bonds. The third kappa shape index (κ3) is 6.34. The van der Waals surface area contributed by atoms with E-state index in [9.17, 15) is 26.5 Å². The molecule has 2 unspecified atom stereocenters. The van der Waals surface area contributed by atoms with Gasteiger partial charge in [0.2, 0.25) is 0 Å². The fourth-order valence-electron chi connectivity index (χ4n) is 9.11. The van der Waals surface area contributed by atoms with E-state index in [1.807, 2.05) is 0 Å². The van der Waals surface area contributed by atoms with E-state index in [1.54, 1.807) is 0 Å². The topological polar surface area (TPSA) is 147 Å². The molecule has 3 N–H and O–H groups in total. The van der Waals surface area contributed by atoms with Gasteiger partial charge in [-0.1, -0.05) is 52.2 Å². The van der Waals surface area contributed by atoms with Crippen molar-refractivity contribution in [1.82, 2.24) is 0 Å². The molecule has 9 nitrogen and oxygen atoms in total. The van der Waals surface area contributed by atoms with Gasteiger partial charge in [-0.15, -0.1) is 0 Å². The fraction of sp³-hybridized carbons (Fsp3) is 0.926. The summed E-state index contributed by atoms with van der Waals surface area (Å²) in [5, 5.41) is 10.8. The first-order chi connectivity index (χ1) is 17.5. The van der Waals surface area contributed by atoms with Crippen LogP contribution in [0.25, 0.3) is 0 Å². The molecular formula is C27H46O9S2. The Hall–Kier alpha value is -0.560. The Labute approximate surface area is 228 Å². The summed E-state index contributed by atoms with van der Waals surface area (Å²) in [6.45, 7) is 8.93. The smallest absolute Gasteiger partial charge is 0.390 e. The molecule has 11 heteroatoms. The van der Waals surface area contributed by atoms with Crippen LogP contribution in [0.15, 0.2) is 11.6 Å². The molecule has 0 bridgehead atoms. The second-order valence-corrected chi connectivity index (χ2v) is 15.5. The van der Waals surface area contributed by atoms with Crippen LogP contribution in [0.5, 0.6) is 0 Å². The van der Waals surface area contributed by atoms with Crippen LogP contribution in [0.3, 0.4) is 0 Å². The van der Waals surface area contributed by atoms with E-state index in [-0.39, 0.29) is 29.8 Å². The van der Waals surface area contributed by atoms with E-state index < -0.39 is 33.0 Å². The van der Waals surface area contributed by atoms with Crippen LogP contribution in [0.2, 0.25) is 0 Å². The van der Waals surface area contributed by atoms with Crippen LogP contribution in [0.4, 0.5) is 0 Å². The highest BCUT2D eigenvalue weighted by Gasteiger charge is 2.60. The lowest BCUT2D eigenvalue weighted by molar-refractivity contribution is -0.0865. The van der Waals surface area contributed by atoms with Gasteiger partial charge >= 0.3 is 20.8 Å². The van der Waals surface area contributed by atoms with E-state index in [4.69, 9.17) is 12.9 Å². The van der Waals surface area contributed by atoms with Crippen molar-refractivity contribution in [2.45, 2.75) is 104 Å². The summed E-state index contributed by atoms with van der Waals surface area (Å²) in [6.07, 6.45) is 8.82. The van der Waals surface area contributed by atoms with Gasteiger partial charge in [-0.05, 0) is 97.7 Å². The Bertz CT molecular complexity index is 1100. The number of hydrogen-bond donors (Lipinski definition) is 3. The first-order valence-corrected chi connectivity index (χ1v) is 16.9. The van der Waals surface area contributed by atoms with Gasteiger partial charge in [-0.25, -0.2) is 8.37 Å². The van der Waals surface area contributed by atoms with Gasteiger partial charge in [0.1, 0.15) is 6.10 Å². The maximum atomic E-state index is 11.4. The third-order valence-corrected chi connectivity index (χ3v) is 11.7. The third-order valence-electron chi connectivity index (χ3n) is 10.8. The fourth-order valence-corrected chi connectivity index (χ4v) is 9.96. The highest BCUT2D eigenvalue weighted by Crippen LogP contribution is 2.67. The molecule has 0 aliphatic heterocycles. The van der Waals surface area contributed by atoms with E-state index in [2.05, 4.69) is 33.8 Å². The molecule has 4 aliphatic carbocycles. The van der Waals surface area contributed by atoms with Crippen LogP contribution in [0, 0.1) is 46.3 Å². The Kier molecular flexibility index (Phi) is 8.82. The lowest BCUT2D eigenvalue weighted by Crippen LogP contribution is -2.54. The van der Waals surface area contributed by atoms with Crippen LogP contribution < -0.4 is 0 Å². The first-order valence-electron chi connectivity index (χ1n) is 14.2. The van der Waals surface area contributed by atoms with Crippen molar-refractivity contribution >= 4 is 20.8 Å². The van der Waals surface area contributed by atoms with Gasteiger partial charge < -0.3 is 5.11 Å². The zero-order valence-corrected chi connectivity index (χ0v) is 24.7. The predicted octanol–water partition coefficient (Wildman–Crippen LogP) is 4.99. The monoisotopic (exact) mass is 578 g/mol. The minimum Gasteiger partial charge on any atom is -0.390 e. The number of aliphatic hydroxyl groups excluding tert-OH is 1. The van der Waals surface area contributed by atoms with Crippen LogP contribution in [0.1, 0.15) is 91.9 Å². The molecular weight excluding hydrogens is 532 g/mol. The minimum absolute atomic E-state index is 0.0150. The Morgan fingerprint density at radius 3 is 2.37 bits per heavy atom. The Balaban J connectivity index is 1.54. The minimum atomic E-state index is -4.65. The zero-order valence-electron chi connectivity index (χ0n) is 23.1. The van der Waals surface area contributed by atoms with E-state index in [0.717, 1.165) is 56.9 Å². The predicted molar refractivity (Wildman–Crippen MR) is 143 cm³/mol. The summed E-state index contributed by atoms with van der Waals surface area (Å²) in [4.78, 5) is 0. The zero-order chi connectivity index (χ0) is 28.1. The molecule has 4 rings (SSSR count). The van der Waals surface area contributed by atoms with Crippen molar-refractivity contribution < 1.29 is 39.4 Å².